The molecule has 0 aliphatic carbocycles. The van der Waals surface area contributed by atoms with Crippen molar-refractivity contribution >= 4 is 20.9 Å². The maximum Gasteiger partial charge on any atom is 0.241 e. The van der Waals surface area contributed by atoms with E-state index in [0.717, 1.165) is 11.1 Å². The van der Waals surface area contributed by atoms with Crippen molar-refractivity contribution in [3.05, 3.63) is 71.9 Å². The molecule has 2 aromatic carbocycles. The maximum absolute atomic E-state index is 12.6. The van der Waals surface area contributed by atoms with Crippen LogP contribution in [0.3, 0.4) is 0 Å². The SMILES string of the molecule is Cc1ccc(S(=O)(=O)NCc2ccccc2)c2cccnc12. The first-order valence-electron chi connectivity index (χ1n) is 6.96. The van der Waals surface area contributed by atoms with Crippen molar-refractivity contribution in [2.24, 2.45) is 0 Å². The largest absolute Gasteiger partial charge is 0.256 e. The minimum absolute atomic E-state index is 0.261. The van der Waals surface area contributed by atoms with Crippen LogP contribution < -0.4 is 4.72 Å². The predicted octanol–water partition coefficient (Wildman–Crippen LogP) is 3.02. The third kappa shape index (κ3) is 2.86. The van der Waals surface area contributed by atoms with E-state index >= 15 is 0 Å². The number of sulfonamides is 1. The molecule has 0 saturated heterocycles. The highest BCUT2D eigenvalue weighted by atomic mass is 32.2. The quantitative estimate of drug-likeness (QED) is 0.805. The molecule has 0 bridgehead atoms. The fourth-order valence-corrected chi connectivity index (χ4v) is 3.59. The van der Waals surface area contributed by atoms with Crippen LogP contribution in [0.25, 0.3) is 10.9 Å². The molecule has 0 spiro atoms. The molecule has 0 aliphatic rings. The third-order valence-electron chi connectivity index (χ3n) is 3.53. The first kappa shape index (κ1) is 14.7. The van der Waals surface area contributed by atoms with Gasteiger partial charge in [0.15, 0.2) is 0 Å². The van der Waals surface area contributed by atoms with Gasteiger partial charge in [0.05, 0.1) is 10.4 Å². The Balaban J connectivity index is 1.98. The lowest BCUT2D eigenvalue weighted by atomic mass is 10.1. The Labute approximate surface area is 129 Å². The van der Waals surface area contributed by atoms with Gasteiger partial charge in [0.1, 0.15) is 0 Å². The summed E-state index contributed by atoms with van der Waals surface area (Å²) < 4.78 is 27.8. The molecule has 0 radical (unpaired) electrons. The molecule has 0 amide bonds. The number of nitrogens with zero attached hydrogens (tertiary/aromatic N) is 1. The lowest BCUT2D eigenvalue weighted by Crippen LogP contribution is -2.23. The van der Waals surface area contributed by atoms with Crippen molar-refractivity contribution in [1.29, 1.82) is 0 Å². The first-order chi connectivity index (χ1) is 10.6. The van der Waals surface area contributed by atoms with Gasteiger partial charge in [-0.05, 0) is 36.2 Å². The van der Waals surface area contributed by atoms with Crippen molar-refractivity contribution in [1.82, 2.24) is 9.71 Å². The fraction of sp³-hybridized carbons (Fsp3) is 0.118. The van der Waals surface area contributed by atoms with Crippen LogP contribution in [-0.4, -0.2) is 13.4 Å². The summed E-state index contributed by atoms with van der Waals surface area (Å²) in [5.41, 5.74) is 2.59. The van der Waals surface area contributed by atoms with Crippen molar-refractivity contribution in [2.75, 3.05) is 0 Å². The zero-order valence-corrected chi connectivity index (χ0v) is 13.0. The number of rotatable bonds is 4. The Hall–Kier alpha value is -2.24. The van der Waals surface area contributed by atoms with E-state index in [0.29, 0.717) is 10.9 Å². The number of nitrogens with one attached hydrogen (secondary N) is 1. The molecule has 5 heteroatoms. The number of aryl methyl sites for hydroxylation is 1. The second-order valence-electron chi connectivity index (χ2n) is 5.09. The summed E-state index contributed by atoms with van der Waals surface area (Å²) in [7, 11) is -3.59. The van der Waals surface area contributed by atoms with Crippen LogP contribution in [-0.2, 0) is 16.6 Å². The summed E-state index contributed by atoms with van der Waals surface area (Å²) in [6.07, 6.45) is 1.67. The molecule has 0 fully saturated rings. The standard InChI is InChI=1S/C17H16N2O2S/c1-13-9-10-16(15-8-5-11-18-17(13)15)22(20,21)19-12-14-6-3-2-4-7-14/h2-11,19H,12H2,1H3. The van der Waals surface area contributed by atoms with Crippen molar-refractivity contribution in [3.63, 3.8) is 0 Å². The van der Waals surface area contributed by atoms with E-state index in [1.165, 1.54) is 0 Å². The highest BCUT2D eigenvalue weighted by Gasteiger charge is 2.18. The van der Waals surface area contributed by atoms with Crippen LogP contribution in [0.4, 0.5) is 0 Å². The van der Waals surface area contributed by atoms with Gasteiger partial charge in [-0.3, -0.25) is 4.98 Å². The van der Waals surface area contributed by atoms with E-state index in [9.17, 15) is 8.42 Å². The van der Waals surface area contributed by atoms with Gasteiger partial charge in [-0.2, -0.15) is 0 Å². The van der Waals surface area contributed by atoms with Crippen LogP contribution in [0.5, 0.6) is 0 Å². The van der Waals surface area contributed by atoms with Gasteiger partial charge in [0.25, 0.3) is 0 Å². The molecule has 1 N–H and O–H groups in total. The summed E-state index contributed by atoms with van der Waals surface area (Å²) in [4.78, 5) is 4.54. The molecular weight excluding hydrogens is 296 g/mol. The molecule has 22 heavy (non-hydrogen) atoms. The van der Waals surface area contributed by atoms with Crippen LogP contribution in [0.15, 0.2) is 65.7 Å². The number of benzene rings is 2. The zero-order valence-electron chi connectivity index (χ0n) is 12.2. The molecule has 1 aromatic heterocycles. The van der Waals surface area contributed by atoms with E-state index in [1.807, 2.05) is 37.3 Å². The molecule has 3 aromatic rings. The Morgan fingerprint density at radius 3 is 2.55 bits per heavy atom. The molecule has 0 saturated carbocycles. The van der Waals surface area contributed by atoms with Gasteiger partial charge in [-0.25, -0.2) is 13.1 Å². The van der Waals surface area contributed by atoms with Crippen LogP contribution in [0, 0.1) is 6.92 Å². The summed E-state index contributed by atoms with van der Waals surface area (Å²) in [6.45, 7) is 2.18. The first-order valence-corrected chi connectivity index (χ1v) is 8.44. The number of aromatic nitrogens is 1. The molecule has 0 atom stereocenters. The van der Waals surface area contributed by atoms with Crippen LogP contribution in [0.2, 0.25) is 0 Å². The summed E-state index contributed by atoms with van der Waals surface area (Å²) in [5, 5.41) is 0.642. The Morgan fingerprint density at radius 2 is 1.77 bits per heavy atom. The molecule has 4 nitrogen and oxygen atoms in total. The third-order valence-corrected chi connectivity index (χ3v) is 4.99. The minimum atomic E-state index is -3.59. The van der Waals surface area contributed by atoms with Gasteiger partial charge in [-0.15, -0.1) is 0 Å². The maximum atomic E-state index is 12.6. The van der Waals surface area contributed by atoms with Crippen LogP contribution in [0.1, 0.15) is 11.1 Å². The Bertz CT molecular complexity index is 906. The van der Waals surface area contributed by atoms with Crippen molar-refractivity contribution in [2.45, 2.75) is 18.4 Å². The predicted molar refractivity (Wildman–Crippen MR) is 86.9 cm³/mol. The van der Waals surface area contributed by atoms with E-state index in [1.54, 1.807) is 30.5 Å². The smallest absolute Gasteiger partial charge is 0.241 e. The number of hydrogen-bond acceptors (Lipinski definition) is 3. The molecule has 3 rings (SSSR count). The molecule has 0 aliphatic heterocycles. The van der Waals surface area contributed by atoms with E-state index in [4.69, 9.17) is 0 Å². The molecule has 0 unspecified atom stereocenters. The topological polar surface area (TPSA) is 59.1 Å². The normalized spacial score (nSPS) is 11.7. The van der Waals surface area contributed by atoms with E-state index in [2.05, 4.69) is 9.71 Å². The number of fused-ring (bicyclic) bond motifs is 1. The molecule has 1 heterocycles. The van der Waals surface area contributed by atoms with Crippen molar-refractivity contribution in [3.8, 4) is 0 Å². The van der Waals surface area contributed by atoms with E-state index in [-0.39, 0.29) is 11.4 Å². The van der Waals surface area contributed by atoms with Gasteiger partial charge >= 0.3 is 0 Å². The Kier molecular flexibility index (Phi) is 3.92. The minimum Gasteiger partial charge on any atom is -0.256 e. The lowest BCUT2D eigenvalue weighted by Gasteiger charge is -2.10. The highest BCUT2D eigenvalue weighted by molar-refractivity contribution is 7.89. The number of pyridine rings is 1. The van der Waals surface area contributed by atoms with E-state index < -0.39 is 10.0 Å². The summed E-state index contributed by atoms with van der Waals surface area (Å²) in [6, 6.07) is 16.4. The Morgan fingerprint density at radius 1 is 1.00 bits per heavy atom. The second kappa shape index (κ2) is 5.87. The lowest BCUT2D eigenvalue weighted by molar-refractivity contribution is 0.582. The van der Waals surface area contributed by atoms with Gasteiger partial charge in [0, 0.05) is 18.1 Å². The number of hydrogen-bond donors (Lipinski definition) is 1. The van der Waals surface area contributed by atoms with Gasteiger partial charge in [0.2, 0.25) is 10.0 Å². The average molecular weight is 312 g/mol. The summed E-state index contributed by atoms with van der Waals surface area (Å²) in [5.74, 6) is 0. The second-order valence-corrected chi connectivity index (χ2v) is 6.83. The zero-order chi connectivity index (χ0) is 15.6. The van der Waals surface area contributed by atoms with Gasteiger partial charge in [-0.1, -0.05) is 36.4 Å². The fourth-order valence-electron chi connectivity index (χ4n) is 2.37. The van der Waals surface area contributed by atoms with Crippen LogP contribution >= 0.6 is 0 Å². The van der Waals surface area contributed by atoms with Crippen molar-refractivity contribution < 1.29 is 8.42 Å². The average Bonchev–Trinajstić information content (AvgIpc) is 2.54. The summed E-state index contributed by atoms with van der Waals surface area (Å²) >= 11 is 0. The molecular formula is C17H16N2O2S. The highest BCUT2D eigenvalue weighted by Crippen LogP contribution is 2.24. The monoisotopic (exact) mass is 312 g/mol. The van der Waals surface area contributed by atoms with Gasteiger partial charge < -0.3 is 0 Å². The molecule has 112 valence electrons.